The third-order valence-electron chi connectivity index (χ3n) is 3.60. The molecule has 0 radical (unpaired) electrons. The van der Waals surface area contributed by atoms with Crippen molar-refractivity contribution >= 4 is 16.2 Å². The maximum absolute atomic E-state index is 12.1. The van der Waals surface area contributed by atoms with E-state index in [0.29, 0.717) is 12.4 Å². The van der Waals surface area contributed by atoms with Crippen molar-refractivity contribution in [3.63, 3.8) is 0 Å². The van der Waals surface area contributed by atoms with Crippen LogP contribution in [0, 0.1) is 0 Å². The minimum atomic E-state index is -3.66. The number of para-hydroxylation sites is 1. The lowest BCUT2D eigenvalue weighted by atomic mass is 10.2. The Kier molecular flexibility index (Phi) is 7.47. The molecule has 0 aliphatic heterocycles. The molecule has 0 saturated carbocycles. The molecule has 0 aliphatic rings. The minimum absolute atomic E-state index is 0.174. The summed E-state index contributed by atoms with van der Waals surface area (Å²) in [5, 5.41) is 3.87. The molecule has 0 unspecified atom stereocenters. The zero-order valence-corrected chi connectivity index (χ0v) is 15.2. The fourth-order valence-electron chi connectivity index (χ4n) is 2.25. The molecule has 0 amide bonds. The van der Waals surface area contributed by atoms with Crippen LogP contribution in [-0.2, 0) is 10.0 Å². The molecule has 0 aliphatic carbocycles. The van der Waals surface area contributed by atoms with Crippen LogP contribution in [0.25, 0.3) is 0 Å². The summed E-state index contributed by atoms with van der Waals surface area (Å²) >= 11 is 0. The predicted octanol–water partition coefficient (Wildman–Crippen LogP) is 3.96. The number of nitrogens with one attached hydrogen (secondary N) is 1. The van der Waals surface area contributed by atoms with E-state index >= 15 is 0 Å². The highest BCUT2D eigenvalue weighted by molar-refractivity contribution is 7.89. The van der Waals surface area contributed by atoms with E-state index < -0.39 is 10.0 Å². The Morgan fingerprint density at radius 3 is 2.48 bits per heavy atom. The SMILES string of the molecule is CCCCCCOc1ccccc1/C=N/NS(=O)(=O)c1ccccc1. The Morgan fingerprint density at radius 1 is 1.00 bits per heavy atom. The molecule has 2 aromatic rings. The first-order valence-electron chi connectivity index (χ1n) is 8.45. The molecule has 0 spiro atoms. The van der Waals surface area contributed by atoms with Crippen molar-refractivity contribution in [2.75, 3.05) is 6.61 Å². The van der Waals surface area contributed by atoms with Crippen molar-refractivity contribution in [1.29, 1.82) is 0 Å². The number of sulfonamides is 1. The highest BCUT2D eigenvalue weighted by Crippen LogP contribution is 2.16. The van der Waals surface area contributed by atoms with Gasteiger partial charge in [0.25, 0.3) is 10.0 Å². The quantitative estimate of drug-likeness (QED) is 0.396. The molecule has 2 rings (SSSR count). The first-order chi connectivity index (χ1) is 12.1. The van der Waals surface area contributed by atoms with Crippen LogP contribution >= 0.6 is 0 Å². The van der Waals surface area contributed by atoms with Gasteiger partial charge in [-0.15, -0.1) is 0 Å². The first kappa shape index (κ1) is 19.0. The molecular formula is C19H24N2O3S. The average molecular weight is 360 g/mol. The first-order valence-corrected chi connectivity index (χ1v) is 9.93. The van der Waals surface area contributed by atoms with Gasteiger partial charge in [-0.1, -0.05) is 56.5 Å². The van der Waals surface area contributed by atoms with Crippen molar-refractivity contribution in [3.8, 4) is 5.75 Å². The lowest BCUT2D eigenvalue weighted by Gasteiger charge is -2.09. The van der Waals surface area contributed by atoms with Crippen LogP contribution in [0.4, 0.5) is 0 Å². The van der Waals surface area contributed by atoms with Gasteiger partial charge in [0.2, 0.25) is 0 Å². The summed E-state index contributed by atoms with van der Waals surface area (Å²) in [6, 6.07) is 15.6. The largest absolute Gasteiger partial charge is 0.493 e. The zero-order chi connectivity index (χ0) is 18.0. The fourth-order valence-corrected chi connectivity index (χ4v) is 3.06. The molecule has 6 heteroatoms. The minimum Gasteiger partial charge on any atom is -0.493 e. The predicted molar refractivity (Wildman–Crippen MR) is 100 cm³/mol. The molecule has 0 aromatic heterocycles. The molecule has 2 aromatic carbocycles. The number of rotatable bonds is 10. The number of nitrogens with zero attached hydrogens (tertiary/aromatic N) is 1. The van der Waals surface area contributed by atoms with E-state index in [2.05, 4.69) is 16.9 Å². The third-order valence-corrected chi connectivity index (χ3v) is 4.84. The molecule has 134 valence electrons. The number of unbranched alkanes of at least 4 members (excludes halogenated alkanes) is 3. The molecule has 0 saturated heterocycles. The van der Waals surface area contributed by atoms with Gasteiger partial charge in [0, 0.05) is 5.56 Å². The smallest absolute Gasteiger partial charge is 0.276 e. The normalized spacial score (nSPS) is 11.6. The van der Waals surface area contributed by atoms with Crippen molar-refractivity contribution in [2.45, 2.75) is 37.5 Å². The Morgan fingerprint density at radius 2 is 1.72 bits per heavy atom. The van der Waals surface area contributed by atoms with Gasteiger partial charge in [0.05, 0.1) is 17.7 Å². The Hall–Kier alpha value is -2.34. The Bertz CT molecular complexity index is 774. The van der Waals surface area contributed by atoms with Gasteiger partial charge in [-0.05, 0) is 30.7 Å². The summed E-state index contributed by atoms with van der Waals surface area (Å²) in [4.78, 5) is 2.39. The number of ether oxygens (including phenoxy) is 1. The van der Waals surface area contributed by atoms with Crippen LogP contribution in [0.1, 0.15) is 38.2 Å². The van der Waals surface area contributed by atoms with Crippen LogP contribution in [-0.4, -0.2) is 21.2 Å². The molecule has 1 N–H and O–H groups in total. The third kappa shape index (κ3) is 6.23. The molecule has 25 heavy (non-hydrogen) atoms. The van der Waals surface area contributed by atoms with Crippen molar-refractivity contribution in [1.82, 2.24) is 4.83 Å². The van der Waals surface area contributed by atoms with Gasteiger partial charge >= 0.3 is 0 Å². The van der Waals surface area contributed by atoms with Crippen LogP contribution < -0.4 is 9.57 Å². The molecule has 5 nitrogen and oxygen atoms in total. The van der Waals surface area contributed by atoms with E-state index in [1.54, 1.807) is 18.2 Å². The fraction of sp³-hybridized carbons (Fsp3) is 0.316. The van der Waals surface area contributed by atoms with E-state index in [0.717, 1.165) is 18.4 Å². The van der Waals surface area contributed by atoms with E-state index in [4.69, 9.17) is 4.74 Å². The molecular weight excluding hydrogens is 336 g/mol. The van der Waals surface area contributed by atoms with Gasteiger partial charge in [-0.2, -0.15) is 13.5 Å². The Labute approximate surface area is 149 Å². The molecule has 0 bridgehead atoms. The highest BCUT2D eigenvalue weighted by atomic mass is 32.2. The van der Waals surface area contributed by atoms with E-state index in [1.165, 1.54) is 31.2 Å². The van der Waals surface area contributed by atoms with Gasteiger partial charge in [0.15, 0.2) is 0 Å². The van der Waals surface area contributed by atoms with Gasteiger partial charge < -0.3 is 4.74 Å². The Balaban J connectivity index is 1.97. The van der Waals surface area contributed by atoms with Crippen molar-refractivity contribution in [3.05, 3.63) is 60.2 Å². The maximum atomic E-state index is 12.1. The van der Waals surface area contributed by atoms with Crippen LogP contribution in [0.3, 0.4) is 0 Å². The number of hydrazone groups is 1. The average Bonchev–Trinajstić information content (AvgIpc) is 2.63. The van der Waals surface area contributed by atoms with E-state index in [1.807, 2.05) is 24.3 Å². The van der Waals surface area contributed by atoms with Gasteiger partial charge in [0.1, 0.15) is 5.75 Å². The molecule has 0 atom stereocenters. The summed E-state index contributed by atoms with van der Waals surface area (Å²) in [5.74, 6) is 0.696. The second-order valence-corrected chi connectivity index (χ2v) is 7.27. The van der Waals surface area contributed by atoms with Crippen LogP contribution in [0.5, 0.6) is 5.75 Å². The number of hydrogen-bond acceptors (Lipinski definition) is 4. The lowest BCUT2D eigenvalue weighted by Crippen LogP contribution is -2.18. The maximum Gasteiger partial charge on any atom is 0.276 e. The summed E-state index contributed by atoms with van der Waals surface area (Å²) in [6.45, 7) is 2.81. The second-order valence-electron chi connectivity index (χ2n) is 5.61. The van der Waals surface area contributed by atoms with Gasteiger partial charge in [-0.3, -0.25) is 0 Å². The van der Waals surface area contributed by atoms with Crippen molar-refractivity contribution < 1.29 is 13.2 Å². The zero-order valence-electron chi connectivity index (χ0n) is 14.4. The van der Waals surface area contributed by atoms with Crippen LogP contribution in [0.15, 0.2) is 64.6 Å². The summed E-state index contributed by atoms with van der Waals surface area (Å²) < 4.78 is 30.0. The molecule has 0 fully saturated rings. The standard InChI is InChI=1S/C19H24N2O3S/c1-2-3-4-10-15-24-19-14-9-8-11-17(19)16-20-21-25(22,23)18-12-6-5-7-13-18/h5-9,11-14,16,21H,2-4,10,15H2,1H3/b20-16+. The lowest BCUT2D eigenvalue weighted by molar-refractivity contribution is 0.304. The van der Waals surface area contributed by atoms with Crippen molar-refractivity contribution in [2.24, 2.45) is 5.10 Å². The highest BCUT2D eigenvalue weighted by Gasteiger charge is 2.11. The molecule has 0 heterocycles. The second kappa shape index (κ2) is 9.84. The van der Waals surface area contributed by atoms with Gasteiger partial charge in [-0.25, -0.2) is 4.83 Å². The summed E-state index contributed by atoms with van der Waals surface area (Å²) in [6.07, 6.45) is 5.99. The van der Waals surface area contributed by atoms with Crippen LogP contribution in [0.2, 0.25) is 0 Å². The summed E-state index contributed by atoms with van der Waals surface area (Å²) in [7, 11) is -3.66. The monoisotopic (exact) mass is 360 g/mol. The van der Waals surface area contributed by atoms with E-state index in [-0.39, 0.29) is 4.90 Å². The van der Waals surface area contributed by atoms with E-state index in [9.17, 15) is 8.42 Å². The number of benzene rings is 2. The summed E-state index contributed by atoms with van der Waals surface area (Å²) in [5.41, 5.74) is 0.730. The number of hydrogen-bond donors (Lipinski definition) is 1. The topological polar surface area (TPSA) is 67.8 Å².